The number of hydrogen-bond acceptors (Lipinski definition) is 2. The number of thiol groups is 1. The van der Waals surface area contributed by atoms with Crippen molar-refractivity contribution in [1.82, 2.24) is 0 Å². The van der Waals surface area contributed by atoms with Crippen LogP contribution in [0.1, 0.15) is 5.56 Å². The van der Waals surface area contributed by atoms with Gasteiger partial charge in [0.2, 0.25) is 0 Å². The largest absolute Gasteiger partial charge is 0.255 e. The third-order valence-corrected chi connectivity index (χ3v) is 2.95. The molecule has 0 heterocycles. The van der Waals surface area contributed by atoms with Crippen LogP contribution < -0.4 is 0 Å². The number of halogens is 1. The van der Waals surface area contributed by atoms with Gasteiger partial charge in [0.25, 0.3) is 0 Å². The van der Waals surface area contributed by atoms with Gasteiger partial charge in [-0.2, -0.15) is 0 Å². The molecular weight excluding hydrogens is 282 g/mol. The highest BCUT2D eigenvalue weighted by Gasteiger charge is 1.94. The molecule has 0 saturated heterocycles. The minimum atomic E-state index is 0.880. The Morgan fingerprint density at radius 2 is 1.88 bits per heavy atom. The Morgan fingerprint density at radius 1 is 1.06 bits per heavy atom. The summed E-state index contributed by atoms with van der Waals surface area (Å²) in [5.74, 6) is 0. The smallest absolute Gasteiger partial charge is 0.0763 e. The topological polar surface area (TPSA) is 12.4 Å². The van der Waals surface area contributed by atoms with Gasteiger partial charge in [-0.1, -0.05) is 40.2 Å². The van der Waals surface area contributed by atoms with Crippen molar-refractivity contribution in [3.63, 3.8) is 0 Å². The zero-order valence-corrected chi connectivity index (χ0v) is 10.9. The number of nitrogens with zero attached hydrogens (tertiary/aromatic N) is 1. The van der Waals surface area contributed by atoms with Gasteiger partial charge in [0.1, 0.15) is 0 Å². The van der Waals surface area contributed by atoms with Crippen molar-refractivity contribution < 1.29 is 0 Å². The van der Waals surface area contributed by atoms with E-state index in [0.29, 0.717) is 0 Å². The molecule has 80 valence electrons. The van der Waals surface area contributed by atoms with E-state index in [1.165, 1.54) is 0 Å². The molecule has 0 fully saturated rings. The Labute approximate surface area is 109 Å². The predicted octanol–water partition coefficient (Wildman–Crippen LogP) is 4.49. The fourth-order valence-electron chi connectivity index (χ4n) is 1.30. The van der Waals surface area contributed by atoms with Crippen LogP contribution in [-0.4, -0.2) is 6.21 Å². The Bertz CT molecular complexity index is 523. The van der Waals surface area contributed by atoms with Crippen LogP contribution in [0.4, 0.5) is 5.69 Å². The first-order chi connectivity index (χ1) is 7.75. The van der Waals surface area contributed by atoms with E-state index < -0.39 is 0 Å². The van der Waals surface area contributed by atoms with Gasteiger partial charge in [0, 0.05) is 15.6 Å². The van der Waals surface area contributed by atoms with Crippen molar-refractivity contribution in [3.05, 3.63) is 58.6 Å². The van der Waals surface area contributed by atoms with Gasteiger partial charge in [-0.05, 0) is 29.8 Å². The Hall–Kier alpha value is -1.06. The molecule has 0 aliphatic carbocycles. The van der Waals surface area contributed by atoms with E-state index in [1.54, 1.807) is 0 Å². The lowest BCUT2D eigenvalue weighted by atomic mass is 10.2. The summed E-state index contributed by atoms with van der Waals surface area (Å²) < 4.78 is 1.05. The number of rotatable bonds is 2. The second-order valence-electron chi connectivity index (χ2n) is 3.30. The summed E-state index contributed by atoms with van der Waals surface area (Å²) in [4.78, 5) is 5.28. The zero-order valence-electron chi connectivity index (χ0n) is 8.47. The zero-order chi connectivity index (χ0) is 11.4. The summed E-state index contributed by atoms with van der Waals surface area (Å²) in [7, 11) is 0. The van der Waals surface area contributed by atoms with Gasteiger partial charge in [-0.15, -0.1) is 12.6 Å². The van der Waals surface area contributed by atoms with Gasteiger partial charge < -0.3 is 0 Å². The van der Waals surface area contributed by atoms with Gasteiger partial charge in [0.05, 0.1) is 5.69 Å². The van der Waals surface area contributed by atoms with Gasteiger partial charge in [0.15, 0.2) is 0 Å². The molecule has 0 amide bonds. The van der Waals surface area contributed by atoms with Crippen LogP contribution in [0.15, 0.2) is 62.9 Å². The number of aliphatic imine (C=N–C) groups is 1. The van der Waals surface area contributed by atoms with Crippen molar-refractivity contribution in [2.75, 3.05) is 0 Å². The molecule has 0 saturated carbocycles. The first-order valence-corrected chi connectivity index (χ1v) is 6.07. The molecule has 16 heavy (non-hydrogen) atoms. The molecule has 1 nitrogen and oxygen atoms in total. The molecular formula is C13H10BrNS. The van der Waals surface area contributed by atoms with E-state index in [0.717, 1.165) is 20.6 Å². The van der Waals surface area contributed by atoms with Crippen LogP contribution in [0.25, 0.3) is 0 Å². The second kappa shape index (κ2) is 5.32. The monoisotopic (exact) mass is 291 g/mol. The molecule has 0 unspecified atom stereocenters. The van der Waals surface area contributed by atoms with Crippen molar-refractivity contribution in [3.8, 4) is 0 Å². The Morgan fingerprint density at radius 3 is 2.62 bits per heavy atom. The molecule has 0 aliphatic heterocycles. The third-order valence-electron chi connectivity index (χ3n) is 2.08. The minimum absolute atomic E-state index is 0.880. The molecule has 3 heteroatoms. The average Bonchev–Trinajstić information content (AvgIpc) is 2.28. The standard InChI is InChI=1S/C13H10BrNS/c14-11-5-3-4-10(8-11)9-15-12-6-1-2-7-13(12)16/h1-9,16H. The first-order valence-electron chi connectivity index (χ1n) is 4.83. The summed E-state index contributed by atoms with van der Waals surface area (Å²) in [6.07, 6.45) is 1.83. The SMILES string of the molecule is Sc1ccccc1N=Cc1cccc(Br)c1. The molecule has 2 rings (SSSR count). The maximum atomic E-state index is 4.39. The molecule has 0 aliphatic rings. The second-order valence-corrected chi connectivity index (χ2v) is 4.70. The Balaban J connectivity index is 2.25. The Kier molecular flexibility index (Phi) is 3.80. The van der Waals surface area contributed by atoms with Crippen LogP contribution >= 0.6 is 28.6 Å². The van der Waals surface area contributed by atoms with E-state index in [-0.39, 0.29) is 0 Å². The first kappa shape index (κ1) is 11.4. The third kappa shape index (κ3) is 2.97. The predicted molar refractivity (Wildman–Crippen MR) is 75.1 cm³/mol. The summed E-state index contributed by atoms with van der Waals surface area (Å²) in [6.45, 7) is 0. The lowest BCUT2D eigenvalue weighted by Gasteiger charge is -1.98. The minimum Gasteiger partial charge on any atom is -0.255 e. The average molecular weight is 292 g/mol. The molecule has 0 spiro atoms. The van der Waals surface area contributed by atoms with Gasteiger partial charge in [-0.3, -0.25) is 4.99 Å². The summed E-state index contributed by atoms with van der Waals surface area (Å²) in [5, 5.41) is 0. The molecule has 2 aromatic carbocycles. The lowest BCUT2D eigenvalue weighted by Crippen LogP contribution is -1.79. The van der Waals surface area contributed by atoms with Crippen molar-refractivity contribution in [2.45, 2.75) is 4.90 Å². The fourth-order valence-corrected chi connectivity index (χ4v) is 1.94. The van der Waals surface area contributed by atoms with Gasteiger partial charge >= 0.3 is 0 Å². The number of para-hydroxylation sites is 1. The highest BCUT2D eigenvalue weighted by molar-refractivity contribution is 9.10. The van der Waals surface area contributed by atoms with Gasteiger partial charge in [-0.25, -0.2) is 0 Å². The summed E-state index contributed by atoms with van der Waals surface area (Å²) in [5.41, 5.74) is 1.94. The molecule has 0 radical (unpaired) electrons. The van der Waals surface area contributed by atoms with Crippen molar-refractivity contribution >= 4 is 40.5 Å². The maximum absolute atomic E-state index is 4.39. The summed E-state index contributed by atoms with van der Waals surface area (Å²) >= 11 is 7.77. The highest BCUT2D eigenvalue weighted by Crippen LogP contribution is 2.21. The van der Waals surface area contributed by atoms with Crippen molar-refractivity contribution in [2.24, 2.45) is 4.99 Å². The van der Waals surface area contributed by atoms with E-state index >= 15 is 0 Å². The normalized spacial score (nSPS) is 10.9. The quantitative estimate of drug-likeness (QED) is 0.618. The van der Waals surface area contributed by atoms with Crippen LogP contribution in [0, 0.1) is 0 Å². The molecule has 2 aromatic rings. The number of hydrogen-bond donors (Lipinski definition) is 1. The highest BCUT2D eigenvalue weighted by atomic mass is 79.9. The van der Waals surface area contributed by atoms with E-state index in [1.807, 2.05) is 54.7 Å². The van der Waals surface area contributed by atoms with E-state index in [2.05, 4.69) is 33.6 Å². The molecule has 0 N–H and O–H groups in total. The van der Waals surface area contributed by atoms with Crippen LogP contribution in [-0.2, 0) is 0 Å². The molecule has 0 aromatic heterocycles. The molecule has 0 atom stereocenters. The van der Waals surface area contributed by atoms with E-state index in [4.69, 9.17) is 0 Å². The van der Waals surface area contributed by atoms with E-state index in [9.17, 15) is 0 Å². The maximum Gasteiger partial charge on any atom is 0.0763 e. The fraction of sp³-hybridized carbons (Fsp3) is 0. The molecule has 0 bridgehead atoms. The summed E-state index contributed by atoms with van der Waals surface area (Å²) in [6, 6.07) is 15.8. The lowest BCUT2D eigenvalue weighted by molar-refractivity contribution is 1.39. The number of benzene rings is 2. The van der Waals surface area contributed by atoms with Crippen LogP contribution in [0.5, 0.6) is 0 Å². The van der Waals surface area contributed by atoms with Crippen LogP contribution in [0.3, 0.4) is 0 Å². The van der Waals surface area contributed by atoms with Crippen LogP contribution in [0.2, 0.25) is 0 Å². The van der Waals surface area contributed by atoms with Crippen molar-refractivity contribution in [1.29, 1.82) is 0 Å².